The van der Waals surface area contributed by atoms with E-state index >= 15 is 0 Å². The normalized spacial score (nSPS) is 13.5. The van der Waals surface area contributed by atoms with E-state index in [-0.39, 0.29) is 6.61 Å². The molecule has 0 aromatic rings. The smallest absolute Gasteiger partial charge is 0.254 e. The monoisotopic (exact) mass is 348 g/mol. The number of rotatable bonds is 13. The van der Waals surface area contributed by atoms with Crippen LogP contribution in [0, 0.1) is 0 Å². The van der Waals surface area contributed by atoms with Crippen molar-refractivity contribution in [3.63, 3.8) is 0 Å². The molecule has 0 aromatic heterocycles. The van der Waals surface area contributed by atoms with Gasteiger partial charge in [0.2, 0.25) is 0 Å². The summed E-state index contributed by atoms with van der Waals surface area (Å²) < 4.78 is 5.73. The van der Waals surface area contributed by atoms with Crippen LogP contribution < -0.4 is 0 Å². The van der Waals surface area contributed by atoms with E-state index in [4.69, 9.17) is 24.3 Å². The maximum absolute atomic E-state index is 5.73. The summed E-state index contributed by atoms with van der Waals surface area (Å²) in [6.07, 6.45) is 7.39. The fraction of sp³-hybridized carbons (Fsp3) is 1.00. The van der Waals surface area contributed by atoms with E-state index in [1.165, 1.54) is 32.1 Å². The Morgan fingerprint density at radius 3 is 1.50 bits per heavy atom. The van der Waals surface area contributed by atoms with E-state index in [1.807, 2.05) is 41.5 Å². The second kappa shape index (κ2) is 11.4. The molecule has 0 saturated heterocycles. The van der Waals surface area contributed by atoms with Crippen LogP contribution in [-0.2, 0) is 24.3 Å². The summed E-state index contributed by atoms with van der Waals surface area (Å²) in [5, 5.41) is 0. The molecular formula is C19H40O5. The molecule has 0 saturated carbocycles. The average Bonchev–Trinajstić information content (AvgIpc) is 2.45. The summed E-state index contributed by atoms with van der Waals surface area (Å²) in [6, 6.07) is 0. The van der Waals surface area contributed by atoms with E-state index in [9.17, 15) is 0 Å². The molecule has 24 heavy (non-hydrogen) atoms. The van der Waals surface area contributed by atoms with Gasteiger partial charge in [0, 0.05) is 6.61 Å². The van der Waals surface area contributed by atoms with Gasteiger partial charge in [-0.15, -0.1) is 0 Å². The minimum Gasteiger partial charge on any atom is -0.376 e. The number of ether oxygens (including phenoxy) is 1. The predicted molar refractivity (Wildman–Crippen MR) is 96.4 cm³/mol. The van der Waals surface area contributed by atoms with E-state index < -0.39 is 17.0 Å². The Bertz CT molecular complexity index is 286. The van der Waals surface area contributed by atoms with Gasteiger partial charge in [-0.3, -0.25) is 0 Å². The zero-order chi connectivity index (χ0) is 18.7. The van der Waals surface area contributed by atoms with Gasteiger partial charge in [-0.1, -0.05) is 39.0 Å². The molecular weight excluding hydrogens is 308 g/mol. The van der Waals surface area contributed by atoms with Gasteiger partial charge in [0.25, 0.3) is 5.79 Å². The largest absolute Gasteiger partial charge is 0.376 e. The minimum absolute atomic E-state index is 0.244. The zero-order valence-electron chi connectivity index (χ0n) is 17.2. The number of unbranched alkanes of at least 4 members (excludes halogenated alkanes) is 5. The maximum Gasteiger partial charge on any atom is 0.254 e. The second-order valence-corrected chi connectivity index (χ2v) is 8.51. The highest BCUT2D eigenvalue weighted by atomic mass is 17.3. The quantitative estimate of drug-likeness (QED) is 0.188. The second-order valence-electron chi connectivity index (χ2n) is 8.51. The molecule has 0 fully saturated rings. The van der Waals surface area contributed by atoms with Crippen molar-refractivity contribution >= 4 is 0 Å². The van der Waals surface area contributed by atoms with Crippen molar-refractivity contribution < 1.29 is 24.3 Å². The molecule has 0 heterocycles. The van der Waals surface area contributed by atoms with E-state index in [2.05, 4.69) is 6.92 Å². The van der Waals surface area contributed by atoms with Gasteiger partial charge in [-0.05, 0) is 54.9 Å². The van der Waals surface area contributed by atoms with Gasteiger partial charge in [-0.2, -0.15) is 9.78 Å². The van der Waals surface area contributed by atoms with Gasteiger partial charge >= 0.3 is 0 Å². The van der Waals surface area contributed by atoms with Crippen molar-refractivity contribution in [1.29, 1.82) is 0 Å². The third kappa shape index (κ3) is 15.3. The van der Waals surface area contributed by atoms with Crippen LogP contribution in [0.2, 0.25) is 0 Å². The van der Waals surface area contributed by atoms with E-state index in [0.29, 0.717) is 6.61 Å². The lowest BCUT2D eigenvalue weighted by Crippen LogP contribution is -2.42. The molecule has 146 valence electrons. The Kier molecular flexibility index (Phi) is 11.3. The lowest BCUT2D eigenvalue weighted by atomic mass is 10.1. The highest BCUT2D eigenvalue weighted by Gasteiger charge is 2.34. The molecule has 0 aliphatic heterocycles. The average molecular weight is 349 g/mol. The molecule has 0 rings (SSSR count). The summed E-state index contributed by atoms with van der Waals surface area (Å²) in [5.41, 5.74) is -0.878. The van der Waals surface area contributed by atoms with E-state index in [0.717, 1.165) is 6.42 Å². The van der Waals surface area contributed by atoms with Crippen molar-refractivity contribution in [3.05, 3.63) is 0 Å². The van der Waals surface area contributed by atoms with Crippen molar-refractivity contribution in [2.24, 2.45) is 0 Å². The van der Waals surface area contributed by atoms with Gasteiger partial charge in [0.1, 0.15) is 6.61 Å². The third-order valence-electron chi connectivity index (χ3n) is 2.94. The third-order valence-corrected chi connectivity index (χ3v) is 2.94. The topological polar surface area (TPSA) is 46.2 Å². The van der Waals surface area contributed by atoms with E-state index in [1.54, 1.807) is 6.92 Å². The molecule has 0 aromatic carbocycles. The summed E-state index contributed by atoms with van der Waals surface area (Å²) in [4.78, 5) is 21.7. The van der Waals surface area contributed by atoms with Crippen LogP contribution in [-0.4, -0.2) is 30.2 Å². The van der Waals surface area contributed by atoms with Gasteiger partial charge in [0.15, 0.2) is 0 Å². The molecule has 0 aliphatic rings. The molecule has 0 atom stereocenters. The van der Waals surface area contributed by atoms with Gasteiger partial charge in [-0.25, -0.2) is 9.78 Å². The summed E-state index contributed by atoms with van der Waals surface area (Å²) in [6.45, 7) is 16.4. The van der Waals surface area contributed by atoms with Crippen molar-refractivity contribution in [2.45, 2.75) is 111 Å². The molecule has 0 aliphatic carbocycles. The fourth-order valence-electron chi connectivity index (χ4n) is 1.73. The van der Waals surface area contributed by atoms with Crippen molar-refractivity contribution in [2.75, 3.05) is 13.2 Å². The maximum atomic E-state index is 5.73. The van der Waals surface area contributed by atoms with Crippen LogP contribution in [0.3, 0.4) is 0 Å². The Labute approximate surface area is 149 Å². The predicted octanol–water partition coefficient (Wildman–Crippen LogP) is 5.57. The molecule has 5 heteroatoms. The van der Waals surface area contributed by atoms with Gasteiger partial charge < -0.3 is 4.74 Å². The lowest BCUT2D eigenvalue weighted by molar-refractivity contribution is -0.540. The lowest BCUT2D eigenvalue weighted by Gasteiger charge is -2.32. The molecule has 0 bridgehead atoms. The first kappa shape index (κ1) is 23.8. The minimum atomic E-state index is -1.11. The highest BCUT2D eigenvalue weighted by molar-refractivity contribution is 4.62. The molecule has 0 amide bonds. The van der Waals surface area contributed by atoms with Crippen LogP contribution in [0.1, 0.15) is 93.9 Å². The Morgan fingerprint density at radius 1 is 0.583 bits per heavy atom. The molecule has 0 N–H and O–H groups in total. The SMILES string of the molecule is CCCCCCCCOCC(C)(OOC(C)(C)C)OOC(C)(C)C. The van der Waals surface area contributed by atoms with Crippen molar-refractivity contribution in [3.8, 4) is 0 Å². The molecule has 5 nitrogen and oxygen atoms in total. The number of hydrogen-bond acceptors (Lipinski definition) is 5. The molecule has 0 radical (unpaired) electrons. The van der Waals surface area contributed by atoms with Crippen LogP contribution in [0.15, 0.2) is 0 Å². The summed E-state index contributed by atoms with van der Waals surface area (Å²) >= 11 is 0. The zero-order valence-corrected chi connectivity index (χ0v) is 17.2. The first-order valence-electron chi connectivity index (χ1n) is 9.29. The standard InChI is InChI=1S/C19H40O5/c1-9-10-11-12-13-14-15-20-16-19(8,23-21-17(2,3)4)24-22-18(5,6)7/h9-16H2,1-8H3. The van der Waals surface area contributed by atoms with Crippen LogP contribution in [0.25, 0.3) is 0 Å². The Balaban J connectivity index is 4.19. The van der Waals surface area contributed by atoms with Crippen LogP contribution in [0.4, 0.5) is 0 Å². The first-order valence-corrected chi connectivity index (χ1v) is 9.29. The Hall–Kier alpha value is -0.200. The molecule has 0 unspecified atom stereocenters. The highest BCUT2D eigenvalue weighted by Crippen LogP contribution is 2.22. The van der Waals surface area contributed by atoms with Gasteiger partial charge in [0.05, 0.1) is 11.2 Å². The summed E-state index contributed by atoms with van der Waals surface area (Å²) in [5.74, 6) is -1.11. The summed E-state index contributed by atoms with van der Waals surface area (Å²) in [7, 11) is 0. The van der Waals surface area contributed by atoms with Crippen LogP contribution >= 0.6 is 0 Å². The first-order chi connectivity index (χ1) is 11.0. The number of hydrogen-bond donors (Lipinski definition) is 0. The van der Waals surface area contributed by atoms with Crippen LogP contribution in [0.5, 0.6) is 0 Å². The fourth-order valence-corrected chi connectivity index (χ4v) is 1.73. The van der Waals surface area contributed by atoms with Crippen molar-refractivity contribution in [1.82, 2.24) is 0 Å². The Morgan fingerprint density at radius 2 is 1.04 bits per heavy atom. The molecule has 0 spiro atoms.